The normalized spacial score (nSPS) is 16.1. The zero-order valence-corrected chi connectivity index (χ0v) is 14.1. The summed E-state index contributed by atoms with van der Waals surface area (Å²) < 4.78 is 7.65. The van der Waals surface area contributed by atoms with Crippen LogP contribution in [0.5, 0.6) is 0 Å². The van der Waals surface area contributed by atoms with Crippen molar-refractivity contribution in [2.75, 3.05) is 0 Å². The Morgan fingerprint density at radius 1 is 1.41 bits per heavy atom. The highest BCUT2D eigenvalue weighted by molar-refractivity contribution is 9.10. The highest BCUT2D eigenvalue weighted by atomic mass is 79.9. The molecule has 0 fully saturated rings. The van der Waals surface area contributed by atoms with Crippen LogP contribution in [-0.2, 0) is 16.6 Å². The Balaban J connectivity index is 2.01. The van der Waals surface area contributed by atoms with Crippen molar-refractivity contribution in [3.63, 3.8) is 0 Å². The number of carbonyl (C=O) groups excluding carboxylic acids is 1. The van der Waals surface area contributed by atoms with Crippen LogP contribution in [0.2, 0.25) is 5.15 Å². The van der Waals surface area contributed by atoms with Crippen LogP contribution in [0.15, 0.2) is 39.4 Å². The molecule has 0 N–H and O–H groups in total. The van der Waals surface area contributed by atoms with E-state index in [9.17, 15) is 4.79 Å². The largest absolute Gasteiger partial charge is 0.402 e. The second-order valence-corrected chi connectivity index (χ2v) is 6.03. The second-order valence-electron chi connectivity index (χ2n) is 4.76. The molecule has 0 spiro atoms. The van der Waals surface area contributed by atoms with Crippen LogP contribution in [0.1, 0.15) is 16.8 Å². The molecule has 2 aromatic rings. The molecule has 2 heterocycles. The van der Waals surface area contributed by atoms with Crippen LogP contribution in [-0.4, -0.2) is 21.6 Å². The summed E-state index contributed by atoms with van der Waals surface area (Å²) in [6.45, 7) is 1.82. The van der Waals surface area contributed by atoms with E-state index in [1.54, 1.807) is 17.8 Å². The van der Waals surface area contributed by atoms with Gasteiger partial charge >= 0.3 is 5.97 Å². The average Bonchev–Trinajstić information content (AvgIpc) is 2.95. The number of aliphatic imine (C=N–C) groups is 1. The zero-order chi connectivity index (χ0) is 15.9. The topological polar surface area (TPSA) is 56.5 Å². The lowest BCUT2D eigenvalue weighted by Crippen LogP contribution is -2.05. The molecular formula is C15H11BrClN3O2. The average molecular weight is 381 g/mol. The molecule has 3 rings (SSSR count). The van der Waals surface area contributed by atoms with Gasteiger partial charge in [-0.1, -0.05) is 33.6 Å². The van der Waals surface area contributed by atoms with E-state index in [0.29, 0.717) is 10.7 Å². The third-order valence-electron chi connectivity index (χ3n) is 3.17. The molecule has 1 aliphatic rings. The van der Waals surface area contributed by atoms with Crippen molar-refractivity contribution in [3.05, 3.63) is 56.4 Å². The van der Waals surface area contributed by atoms with E-state index in [1.165, 1.54) is 0 Å². The molecule has 0 unspecified atom stereocenters. The van der Waals surface area contributed by atoms with Crippen molar-refractivity contribution in [1.82, 2.24) is 9.78 Å². The standard InChI is InChI=1S/C15H11BrClN3O2/c1-8-11(13(17)20(2)19-8)7-12-15(21)22-14(18-12)9-4-3-5-10(16)6-9/h3-7H,1-2H3. The van der Waals surface area contributed by atoms with Crippen LogP contribution in [0, 0.1) is 6.92 Å². The van der Waals surface area contributed by atoms with Gasteiger partial charge < -0.3 is 4.74 Å². The molecular weight excluding hydrogens is 370 g/mol. The molecule has 0 saturated heterocycles. The molecule has 5 nitrogen and oxygen atoms in total. The van der Waals surface area contributed by atoms with E-state index in [1.807, 2.05) is 31.2 Å². The monoisotopic (exact) mass is 379 g/mol. The summed E-state index contributed by atoms with van der Waals surface area (Å²) in [5.74, 6) is -0.232. The number of rotatable bonds is 2. The molecule has 0 amide bonds. The highest BCUT2D eigenvalue weighted by Crippen LogP contribution is 2.25. The van der Waals surface area contributed by atoms with Gasteiger partial charge in [0.15, 0.2) is 5.70 Å². The van der Waals surface area contributed by atoms with Crippen molar-refractivity contribution in [2.24, 2.45) is 12.0 Å². The van der Waals surface area contributed by atoms with Crippen molar-refractivity contribution < 1.29 is 9.53 Å². The maximum Gasteiger partial charge on any atom is 0.363 e. The lowest BCUT2D eigenvalue weighted by Gasteiger charge is -1.99. The van der Waals surface area contributed by atoms with Crippen LogP contribution in [0.4, 0.5) is 0 Å². The summed E-state index contributed by atoms with van der Waals surface area (Å²) in [7, 11) is 1.74. The van der Waals surface area contributed by atoms with Gasteiger partial charge in [-0.25, -0.2) is 9.79 Å². The summed E-state index contributed by atoms with van der Waals surface area (Å²) >= 11 is 9.54. The number of nitrogens with zero attached hydrogens (tertiary/aromatic N) is 3. The Labute approximate surface area is 140 Å². The summed E-state index contributed by atoms with van der Waals surface area (Å²) in [5, 5.41) is 4.65. The molecule has 22 heavy (non-hydrogen) atoms. The Hall–Kier alpha value is -1.92. The lowest BCUT2D eigenvalue weighted by atomic mass is 10.2. The summed E-state index contributed by atoms with van der Waals surface area (Å²) in [5.41, 5.74) is 2.31. The molecule has 112 valence electrons. The predicted molar refractivity (Wildman–Crippen MR) is 87.7 cm³/mol. The van der Waals surface area contributed by atoms with Gasteiger partial charge in [0, 0.05) is 22.6 Å². The number of ether oxygens (including phenoxy) is 1. The van der Waals surface area contributed by atoms with Crippen molar-refractivity contribution in [1.29, 1.82) is 0 Å². The van der Waals surface area contributed by atoms with Crippen molar-refractivity contribution >= 4 is 45.5 Å². The Morgan fingerprint density at radius 3 is 2.82 bits per heavy atom. The van der Waals surface area contributed by atoms with Crippen LogP contribution in [0.3, 0.4) is 0 Å². The van der Waals surface area contributed by atoms with E-state index in [4.69, 9.17) is 16.3 Å². The van der Waals surface area contributed by atoms with Crippen LogP contribution >= 0.6 is 27.5 Å². The molecule has 0 saturated carbocycles. The number of carbonyl (C=O) groups is 1. The van der Waals surface area contributed by atoms with Gasteiger partial charge in [-0.3, -0.25) is 4.68 Å². The van der Waals surface area contributed by atoms with E-state index in [0.717, 1.165) is 15.7 Å². The number of benzene rings is 1. The van der Waals surface area contributed by atoms with Crippen LogP contribution in [0.25, 0.3) is 6.08 Å². The number of halogens is 2. The first kappa shape index (κ1) is 15.0. The maximum absolute atomic E-state index is 12.0. The third kappa shape index (κ3) is 2.71. The van der Waals surface area contributed by atoms with E-state index >= 15 is 0 Å². The number of aromatic nitrogens is 2. The van der Waals surface area contributed by atoms with Gasteiger partial charge in [-0.2, -0.15) is 5.10 Å². The third-order valence-corrected chi connectivity index (χ3v) is 4.11. The molecule has 1 aromatic heterocycles. The number of hydrogen-bond donors (Lipinski definition) is 0. The fraction of sp³-hybridized carbons (Fsp3) is 0.133. The first-order chi connectivity index (χ1) is 10.5. The number of aryl methyl sites for hydroxylation is 2. The van der Waals surface area contributed by atoms with Crippen molar-refractivity contribution in [2.45, 2.75) is 6.92 Å². The predicted octanol–water partition coefficient (Wildman–Crippen LogP) is 3.49. The van der Waals surface area contributed by atoms with Gasteiger partial charge in [-0.05, 0) is 31.2 Å². The Morgan fingerprint density at radius 2 is 2.18 bits per heavy atom. The first-order valence-corrected chi connectivity index (χ1v) is 7.60. The molecule has 0 aliphatic carbocycles. The Bertz CT molecular complexity index is 839. The highest BCUT2D eigenvalue weighted by Gasteiger charge is 2.25. The minimum atomic E-state index is -0.505. The molecule has 0 atom stereocenters. The van der Waals surface area contributed by atoms with Gasteiger partial charge in [0.05, 0.1) is 5.69 Å². The number of cyclic esters (lactones) is 1. The van der Waals surface area contributed by atoms with Gasteiger partial charge in [0.2, 0.25) is 5.90 Å². The number of hydrogen-bond acceptors (Lipinski definition) is 4. The molecule has 1 aliphatic heterocycles. The first-order valence-electron chi connectivity index (χ1n) is 6.43. The van der Waals surface area contributed by atoms with Crippen molar-refractivity contribution in [3.8, 4) is 0 Å². The molecule has 0 radical (unpaired) electrons. The minimum absolute atomic E-state index is 0.202. The van der Waals surface area contributed by atoms with Gasteiger partial charge in [0.1, 0.15) is 5.15 Å². The quantitative estimate of drug-likeness (QED) is 0.592. The summed E-state index contributed by atoms with van der Waals surface area (Å²) in [6, 6.07) is 7.38. The second kappa shape index (κ2) is 5.70. The fourth-order valence-corrected chi connectivity index (χ4v) is 2.73. The minimum Gasteiger partial charge on any atom is -0.402 e. The SMILES string of the molecule is Cc1nn(C)c(Cl)c1C=C1N=C(c2cccc(Br)c2)OC1=O. The van der Waals surface area contributed by atoms with Crippen LogP contribution < -0.4 is 0 Å². The van der Waals surface area contributed by atoms with Gasteiger partial charge in [-0.15, -0.1) is 0 Å². The van der Waals surface area contributed by atoms with E-state index < -0.39 is 5.97 Å². The molecule has 7 heteroatoms. The summed E-state index contributed by atoms with van der Waals surface area (Å²) in [4.78, 5) is 16.2. The number of esters is 1. The van der Waals surface area contributed by atoms with E-state index in [2.05, 4.69) is 26.0 Å². The Kier molecular flexibility index (Phi) is 3.88. The molecule has 1 aromatic carbocycles. The molecule has 0 bridgehead atoms. The van der Waals surface area contributed by atoms with E-state index in [-0.39, 0.29) is 11.6 Å². The lowest BCUT2D eigenvalue weighted by molar-refractivity contribution is -0.129. The van der Waals surface area contributed by atoms with Gasteiger partial charge in [0.25, 0.3) is 0 Å². The summed E-state index contributed by atoms with van der Waals surface area (Å²) in [6.07, 6.45) is 1.60. The maximum atomic E-state index is 12.0. The fourth-order valence-electron chi connectivity index (χ4n) is 2.10. The smallest absolute Gasteiger partial charge is 0.363 e. The zero-order valence-electron chi connectivity index (χ0n) is 11.8.